The maximum absolute atomic E-state index is 11.2. The van der Waals surface area contributed by atoms with Crippen molar-refractivity contribution in [2.75, 3.05) is 0 Å². The predicted molar refractivity (Wildman–Crippen MR) is 96.2 cm³/mol. The van der Waals surface area contributed by atoms with Gasteiger partial charge in [0.05, 0.1) is 5.56 Å². The number of rotatable bonds is 2. The summed E-state index contributed by atoms with van der Waals surface area (Å²) < 4.78 is 0. The third kappa shape index (κ3) is 4.01. The number of carbonyl (C=O) groups is 1. The van der Waals surface area contributed by atoms with Gasteiger partial charge >= 0.3 is 5.97 Å². The van der Waals surface area contributed by atoms with Crippen LogP contribution < -0.4 is 0 Å². The van der Waals surface area contributed by atoms with E-state index in [2.05, 4.69) is 59.7 Å². The molecule has 2 nitrogen and oxygen atoms in total. The van der Waals surface area contributed by atoms with Crippen molar-refractivity contribution in [3.05, 3.63) is 59.2 Å². The average Bonchev–Trinajstić information content (AvgIpc) is 2.45. The van der Waals surface area contributed by atoms with Crippen molar-refractivity contribution in [1.82, 2.24) is 0 Å². The Bertz CT molecular complexity index is 696. The topological polar surface area (TPSA) is 37.3 Å². The summed E-state index contributed by atoms with van der Waals surface area (Å²) >= 11 is 0. The zero-order valence-electron chi connectivity index (χ0n) is 14.9. The third-order valence-corrected chi connectivity index (χ3v) is 4.11. The van der Waals surface area contributed by atoms with Gasteiger partial charge in [-0.05, 0) is 45.2 Å². The van der Waals surface area contributed by atoms with E-state index in [4.69, 9.17) is 0 Å². The van der Waals surface area contributed by atoms with Gasteiger partial charge in [-0.15, -0.1) is 0 Å². The number of aromatic carboxylic acids is 1. The summed E-state index contributed by atoms with van der Waals surface area (Å²) in [7, 11) is 0. The first-order valence-corrected chi connectivity index (χ1v) is 7.98. The minimum atomic E-state index is -0.894. The van der Waals surface area contributed by atoms with Crippen molar-refractivity contribution in [2.45, 2.75) is 52.4 Å². The maximum atomic E-state index is 11.2. The van der Waals surface area contributed by atoms with Gasteiger partial charge in [0.1, 0.15) is 0 Å². The Morgan fingerprint density at radius 1 is 0.783 bits per heavy atom. The molecule has 1 N–H and O–H groups in total. The molecule has 0 atom stereocenters. The maximum Gasteiger partial charge on any atom is 0.335 e. The number of hydrogen-bond donors (Lipinski definition) is 1. The van der Waals surface area contributed by atoms with Gasteiger partial charge in [-0.25, -0.2) is 4.79 Å². The molecule has 2 aromatic carbocycles. The lowest BCUT2D eigenvalue weighted by molar-refractivity contribution is 0.0697. The second kappa shape index (κ2) is 5.84. The zero-order valence-corrected chi connectivity index (χ0v) is 14.9. The summed E-state index contributed by atoms with van der Waals surface area (Å²) in [5.41, 5.74) is 4.95. The van der Waals surface area contributed by atoms with E-state index in [9.17, 15) is 9.90 Å². The van der Waals surface area contributed by atoms with Crippen molar-refractivity contribution < 1.29 is 9.90 Å². The van der Waals surface area contributed by atoms with Gasteiger partial charge in [0.15, 0.2) is 0 Å². The Morgan fingerprint density at radius 3 is 1.74 bits per heavy atom. The van der Waals surface area contributed by atoms with Gasteiger partial charge < -0.3 is 5.11 Å². The molecule has 0 fully saturated rings. The first kappa shape index (κ1) is 17.3. The molecule has 23 heavy (non-hydrogen) atoms. The molecular weight excluding hydrogens is 284 g/mol. The van der Waals surface area contributed by atoms with Gasteiger partial charge in [-0.3, -0.25) is 0 Å². The van der Waals surface area contributed by atoms with E-state index in [0.717, 1.165) is 11.1 Å². The number of carboxylic acids is 1. The molecular formula is C21H26O2. The molecule has 0 radical (unpaired) electrons. The minimum Gasteiger partial charge on any atom is -0.478 e. The van der Waals surface area contributed by atoms with Crippen molar-refractivity contribution in [1.29, 1.82) is 0 Å². The Kier molecular flexibility index (Phi) is 4.39. The number of carboxylic acid groups (broad SMARTS) is 1. The molecule has 122 valence electrons. The van der Waals surface area contributed by atoms with Crippen molar-refractivity contribution in [3.63, 3.8) is 0 Å². The second-order valence-corrected chi connectivity index (χ2v) is 8.18. The lowest BCUT2D eigenvalue weighted by Crippen LogP contribution is -2.16. The van der Waals surface area contributed by atoms with Crippen LogP contribution in [0, 0.1) is 0 Å². The molecule has 0 aliphatic rings. The van der Waals surface area contributed by atoms with Crippen LogP contribution in [-0.4, -0.2) is 11.1 Å². The first-order chi connectivity index (χ1) is 10.5. The summed E-state index contributed by atoms with van der Waals surface area (Å²) in [6.07, 6.45) is 0. The highest BCUT2D eigenvalue weighted by Crippen LogP contribution is 2.34. The van der Waals surface area contributed by atoms with Crippen LogP contribution in [0.5, 0.6) is 0 Å². The fraction of sp³-hybridized carbons (Fsp3) is 0.381. The molecule has 0 unspecified atom stereocenters. The quantitative estimate of drug-likeness (QED) is 0.778. The molecule has 0 aromatic heterocycles. The smallest absolute Gasteiger partial charge is 0.335 e. The van der Waals surface area contributed by atoms with Gasteiger partial charge in [0.2, 0.25) is 0 Å². The van der Waals surface area contributed by atoms with Crippen LogP contribution in [0.2, 0.25) is 0 Å². The highest BCUT2D eigenvalue weighted by Gasteiger charge is 2.21. The molecule has 0 bridgehead atoms. The standard InChI is InChI=1S/C21H26O2/c1-20(2,3)17-11-16(12-18(13-17)21(4,5)6)14-8-7-9-15(10-14)19(22)23/h7-13H,1-6H3,(H,22,23). The molecule has 2 heteroatoms. The van der Waals surface area contributed by atoms with Crippen LogP contribution in [0.4, 0.5) is 0 Å². The largest absolute Gasteiger partial charge is 0.478 e. The lowest BCUT2D eigenvalue weighted by Gasteiger charge is -2.26. The molecule has 0 saturated heterocycles. The van der Waals surface area contributed by atoms with Gasteiger partial charge in [-0.2, -0.15) is 0 Å². The van der Waals surface area contributed by atoms with Crippen molar-refractivity contribution in [3.8, 4) is 11.1 Å². The fourth-order valence-corrected chi connectivity index (χ4v) is 2.49. The van der Waals surface area contributed by atoms with E-state index in [1.807, 2.05) is 6.07 Å². The summed E-state index contributed by atoms with van der Waals surface area (Å²) in [6.45, 7) is 13.2. The number of benzene rings is 2. The van der Waals surface area contributed by atoms with E-state index in [1.165, 1.54) is 11.1 Å². The van der Waals surface area contributed by atoms with Crippen LogP contribution in [0.25, 0.3) is 11.1 Å². The normalized spacial score (nSPS) is 12.3. The second-order valence-electron chi connectivity index (χ2n) is 8.18. The van der Waals surface area contributed by atoms with E-state index in [-0.39, 0.29) is 10.8 Å². The zero-order chi connectivity index (χ0) is 17.4. The molecule has 2 rings (SSSR count). The lowest BCUT2D eigenvalue weighted by atomic mass is 9.79. The van der Waals surface area contributed by atoms with E-state index in [1.54, 1.807) is 18.2 Å². The Hall–Kier alpha value is -2.09. The molecule has 0 saturated carbocycles. The predicted octanol–water partition coefficient (Wildman–Crippen LogP) is 5.65. The van der Waals surface area contributed by atoms with E-state index in [0.29, 0.717) is 5.56 Å². The molecule has 0 aliphatic carbocycles. The van der Waals surface area contributed by atoms with E-state index < -0.39 is 5.97 Å². The van der Waals surface area contributed by atoms with Crippen LogP contribution >= 0.6 is 0 Å². The SMILES string of the molecule is CC(C)(C)c1cc(-c2cccc(C(=O)O)c2)cc(C(C)(C)C)c1. The van der Waals surface area contributed by atoms with Crippen LogP contribution in [-0.2, 0) is 10.8 Å². The average molecular weight is 310 g/mol. The van der Waals surface area contributed by atoms with Gasteiger partial charge in [0.25, 0.3) is 0 Å². The molecule has 0 amide bonds. The Morgan fingerprint density at radius 2 is 1.30 bits per heavy atom. The summed E-state index contributed by atoms with van der Waals surface area (Å²) in [5.74, 6) is -0.894. The number of hydrogen-bond acceptors (Lipinski definition) is 1. The summed E-state index contributed by atoms with van der Waals surface area (Å²) in [5, 5.41) is 9.22. The minimum absolute atomic E-state index is 0.0421. The third-order valence-electron chi connectivity index (χ3n) is 4.11. The molecule has 0 heterocycles. The van der Waals surface area contributed by atoms with Crippen molar-refractivity contribution >= 4 is 5.97 Å². The molecule has 2 aromatic rings. The monoisotopic (exact) mass is 310 g/mol. The van der Waals surface area contributed by atoms with Gasteiger partial charge in [-0.1, -0.05) is 71.9 Å². The Labute approximate surface area is 139 Å². The highest BCUT2D eigenvalue weighted by atomic mass is 16.4. The fourth-order valence-electron chi connectivity index (χ4n) is 2.49. The first-order valence-electron chi connectivity index (χ1n) is 7.98. The summed E-state index contributed by atoms with van der Waals surface area (Å²) in [6, 6.07) is 13.8. The van der Waals surface area contributed by atoms with Crippen LogP contribution in [0.3, 0.4) is 0 Å². The van der Waals surface area contributed by atoms with Crippen molar-refractivity contribution in [2.24, 2.45) is 0 Å². The molecule has 0 spiro atoms. The van der Waals surface area contributed by atoms with Crippen LogP contribution in [0.15, 0.2) is 42.5 Å². The Balaban J connectivity index is 2.67. The van der Waals surface area contributed by atoms with E-state index >= 15 is 0 Å². The molecule has 0 aliphatic heterocycles. The summed E-state index contributed by atoms with van der Waals surface area (Å²) in [4.78, 5) is 11.2. The highest BCUT2D eigenvalue weighted by molar-refractivity contribution is 5.89. The van der Waals surface area contributed by atoms with Crippen LogP contribution in [0.1, 0.15) is 63.0 Å². The van der Waals surface area contributed by atoms with Gasteiger partial charge in [0, 0.05) is 0 Å².